The molecule has 2 aromatic carbocycles. The van der Waals surface area contributed by atoms with Crippen LogP contribution in [0.4, 0.5) is 10.1 Å². The maximum Gasteiger partial charge on any atom is 0.265 e. The largest absolute Gasteiger partial charge is 0.481 e. The maximum atomic E-state index is 13.0. The molecule has 1 amide bonds. The highest BCUT2D eigenvalue weighted by Crippen LogP contribution is 2.18. The summed E-state index contributed by atoms with van der Waals surface area (Å²) in [5, 5.41) is 11.8. The highest BCUT2D eigenvalue weighted by Gasteiger charge is 2.16. The molecule has 2 aromatic rings. The van der Waals surface area contributed by atoms with E-state index >= 15 is 0 Å². The smallest absolute Gasteiger partial charge is 0.265 e. The number of benzene rings is 2. The lowest BCUT2D eigenvalue weighted by Gasteiger charge is -2.16. The van der Waals surface area contributed by atoms with E-state index in [0.717, 1.165) is 0 Å². The molecule has 0 saturated heterocycles. The predicted octanol–water partition coefficient (Wildman–Crippen LogP) is 3.03. The van der Waals surface area contributed by atoms with Crippen molar-refractivity contribution >= 4 is 11.6 Å². The molecule has 0 bridgehead atoms. The molecule has 2 rings (SSSR count). The van der Waals surface area contributed by atoms with Crippen molar-refractivity contribution in [3.05, 3.63) is 59.4 Å². The van der Waals surface area contributed by atoms with E-state index in [4.69, 9.17) is 9.84 Å². The summed E-state index contributed by atoms with van der Waals surface area (Å²) in [5.41, 5.74) is 1.90. The number of carbonyl (C=O) groups excluding carboxylic acids is 1. The molecule has 0 radical (unpaired) electrons. The fourth-order valence-electron chi connectivity index (χ4n) is 1.98. The third kappa shape index (κ3) is 4.05. The van der Waals surface area contributed by atoms with Crippen molar-refractivity contribution in [1.82, 2.24) is 0 Å². The maximum absolute atomic E-state index is 13.0. The van der Waals surface area contributed by atoms with Gasteiger partial charge in [0.05, 0.1) is 6.61 Å². The fraction of sp³-hybridized carbons (Fsp3) is 0.235. The van der Waals surface area contributed by atoms with Crippen LogP contribution in [-0.4, -0.2) is 17.1 Å². The van der Waals surface area contributed by atoms with Crippen LogP contribution in [0.25, 0.3) is 0 Å². The van der Waals surface area contributed by atoms with E-state index in [2.05, 4.69) is 5.32 Å². The molecule has 4 nitrogen and oxygen atoms in total. The van der Waals surface area contributed by atoms with Gasteiger partial charge in [0.25, 0.3) is 5.91 Å². The standard InChI is InChI=1S/C17H18FNO3/c1-11-8-14(18)6-7-16(11)19-17(21)12(2)22-15-5-3-4-13(9-15)10-20/h3-9,12,20H,10H2,1-2H3,(H,19,21). The zero-order chi connectivity index (χ0) is 16.1. The van der Waals surface area contributed by atoms with Gasteiger partial charge in [0.15, 0.2) is 6.10 Å². The number of amides is 1. The number of hydrogen-bond acceptors (Lipinski definition) is 3. The van der Waals surface area contributed by atoms with Gasteiger partial charge in [-0.25, -0.2) is 4.39 Å². The number of nitrogens with one attached hydrogen (secondary N) is 1. The van der Waals surface area contributed by atoms with Gasteiger partial charge in [-0.15, -0.1) is 0 Å². The van der Waals surface area contributed by atoms with Crippen LogP contribution in [0.1, 0.15) is 18.1 Å². The van der Waals surface area contributed by atoms with Crippen LogP contribution < -0.4 is 10.1 Å². The Kier molecular flexibility index (Phi) is 5.12. The Balaban J connectivity index is 2.02. The first-order valence-electron chi connectivity index (χ1n) is 6.93. The summed E-state index contributed by atoms with van der Waals surface area (Å²) in [6.07, 6.45) is -0.724. The Morgan fingerprint density at radius 3 is 2.77 bits per heavy atom. The normalized spacial score (nSPS) is 11.8. The van der Waals surface area contributed by atoms with E-state index < -0.39 is 6.10 Å². The molecule has 1 unspecified atom stereocenters. The summed E-state index contributed by atoms with van der Waals surface area (Å²) in [7, 11) is 0. The number of aliphatic hydroxyl groups is 1. The van der Waals surface area contributed by atoms with Gasteiger partial charge in [-0.2, -0.15) is 0 Å². The average Bonchev–Trinajstić information content (AvgIpc) is 2.50. The van der Waals surface area contributed by atoms with Crippen LogP contribution in [0, 0.1) is 12.7 Å². The van der Waals surface area contributed by atoms with Crippen LogP contribution in [0.2, 0.25) is 0 Å². The molecule has 0 aliphatic heterocycles. The Labute approximate surface area is 128 Å². The molecule has 0 saturated carbocycles. The second-order valence-electron chi connectivity index (χ2n) is 5.01. The van der Waals surface area contributed by atoms with Crippen LogP contribution in [0.15, 0.2) is 42.5 Å². The summed E-state index contributed by atoms with van der Waals surface area (Å²) in [6.45, 7) is 3.25. The zero-order valence-electron chi connectivity index (χ0n) is 12.5. The minimum Gasteiger partial charge on any atom is -0.481 e. The SMILES string of the molecule is Cc1cc(F)ccc1NC(=O)C(C)Oc1cccc(CO)c1. The molecule has 22 heavy (non-hydrogen) atoms. The second kappa shape index (κ2) is 7.04. The van der Waals surface area contributed by atoms with Crippen molar-refractivity contribution in [2.24, 2.45) is 0 Å². The van der Waals surface area contributed by atoms with Gasteiger partial charge < -0.3 is 15.2 Å². The van der Waals surface area contributed by atoms with E-state index in [0.29, 0.717) is 22.6 Å². The number of ether oxygens (including phenoxy) is 1. The topological polar surface area (TPSA) is 58.6 Å². The first-order valence-corrected chi connectivity index (χ1v) is 6.93. The van der Waals surface area contributed by atoms with Crippen molar-refractivity contribution in [3.8, 4) is 5.75 Å². The first kappa shape index (κ1) is 16.0. The van der Waals surface area contributed by atoms with Crippen molar-refractivity contribution in [2.45, 2.75) is 26.6 Å². The number of carbonyl (C=O) groups is 1. The lowest BCUT2D eigenvalue weighted by molar-refractivity contribution is -0.122. The number of aryl methyl sites for hydroxylation is 1. The van der Waals surface area contributed by atoms with Crippen LogP contribution in [-0.2, 0) is 11.4 Å². The van der Waals surface area contributed by atoms with Gasteiger partial charge in [-0.3, -0.25) is 4.79 Å². The van der Waals surface area contributed by atoms with E-state index in [9.17, 15) is 9.18 Å². The second-order valence-corrected chi connectivity index (χ2v) is 5.01. The van der Waals surface area contributed by atoms with Crippen LogP contribution in [0.3, 0.4) is 0 Å². The number of halogens is 1. The molecule has 2 N–H and O–H groups in total. The molecule has 116 valence electrons. The fourth-order valence-corrected chi connectivity index (χ4v) is 1.98. The van der Waals surface area contributed by atoms with Crippen molar-refractivity contribution in [1.29, 1.82) is 0 Å². The average molecular weight is 303 g/mol. The quantitative estimate of drug-likeness (QED) is 0.892. The van der Waals surface area contributed by atoms with E-state index in [1.54, 1.807) is 38.1 Å². The van der Waals surface area contributed by atoms with Crippen LogP contribution in [0.5, 0.6) is 5.75 Å². The molecule has 5 heteroatoms. The minimum atomic E-state index is -0.724. The van der Waals surface area contributed by atoms with Gasteiger partial charge >= 0.3 is 0 Å². The van der Waals surface area contributed by atoms with Crippen LogP contribution >= 0.6 is 0 Å². The van der Waals surface area contributed by atoms with Crippen molar-refractivity contribution in [2.75, 3.05) is 5.32 Å². The van der Waals surface area contributed by atoms with Gasteiger partial charge in [0.2, 0.25) is 0 Å². The first-order chi connectivity index (χ1) is 10.5. The monoisotopic (exact) mass is 303 g/mol. The summed E-state index contributed by atoms with van der Waals surface area (Å²) < 4.78 is 18.6. The number of hydrogen-bond donors (Lipinski definition) is 2. The summed E-state index contributed by atoms with van der Waals surface area (Å²) in [6, 6.07) is 11.1. The Morgan fingerprint density at radius 1 is 1.32 bits per heavy atom. The Morgan fingerprint density at radius 2 is 2.09 bits per heavy atom. The van der Waals surface area contributed by atoms with Gasteiger partial charge in [0, 0.05) is 5.69 Å². The zero-order valence-corrected chi connectivity index (χ0v) is 12.5. The molecule has 0 spiro atoms. The van der Waals surface area contributed by atoms with E-state index in [1.807, 2.05) is 0 Å². The summed E-state index contributed by atoms with van der Waals surface area (Å²) in [5.74, 6) is -0.172. The predicted molar refractivity (Wildman–Crippen MR) is 82.2 cm³/mol. The molecule has 0 fully saturated rings. The Hall–Kier alpha value is -2.40. The molecule has 1 atom stereocenters. The number of aliphatic hydroxyl groups excluding tert-OH is 1. The van der Waals surface area contributed by atoms with Gasteiger partial charge in [0.1, 0.15) is 11.6 Å². The van der Waals surface area contributed by atoms with Crippen molar-refractivity contribution < 1.29 is 19.0 Å². The summed E-state index contributed by atoms with van der Waals surface area (Å²) >= 11 is 0. The van der Waals surface area contributed by atoms with Gasteiger partial charge in [-0.1, -0.05) is 12.1 Å². The highest BCUT2D eigenvalue weighted by atomic mass is 19.1. The summed E-state index contributed by atoms with van der Waals surface area (Å²) in [4.78, 5) is 12.1. The third-order valence-corrected chi connectivity index (χ3v) is 3.21. The molecule has 0 aliphatic carbocycles. The lowest BCUT2D eigenvalue weighted by atomic mass is 10.2. The van der Waals surface area contributed by atoms with E-state index in [-0.39, 0.29) is 18.3 Å². The molecular weight excluding hydrogens is 285 g/mol. The number of anilines is 1. The van der Waals surface area contributed by atoms with Gasteiger partial charge in [-0.05, 0) is 55.3 Å². The minimum absolute atomic E-state index is 0.0907. The molecule has 0 heterocycles. The molecule has 0 aromatic heterocycles. The highest BCUT2D eigenvalue weighted by molar-refractivity contribution is 5.94. The van der Waals surface area contributed by atoms with E-state index in [1.165, 1.54) is 18.2 Å². The van der Waals surface area contributed by atoms with Crippen molar-refractivity contribution in [3.63, 3.8) is 0 Å². The molecular formula is C17H18FNO3. The number of rotatable bonds is 5. The lowest BCUT2D eigenvalue weighted by Crippen LogP contribution is -2.30. The third-order valence-electron chi connectivity index (χ3n) is 3.21. The molecule has 0 aliphatic rings. The Bertz CT molecular complexity index is 673.